The van der Waals surface area contributed by atoms with E-state index in [0.29, 0.717) is 11.4 Å². The van der Waals surface area contributed by atoms with Crippen LogP contribution in [0.4, 0.5) is 18.9 Å². The molecule has 1 amide bonds. The molecule has 29 heavy (non-hydrogen) atoms. The highest BCUT2D eigenvalue weighted by atomic mass is 19.4. The SMILES string of the molecule is Cc1cc(C(=O)N2CCN(c3ccc(C#N)c(C(F)(F)F)c3)C(CO)C2)n(C)n1. The van der Waals surface area contributed by atoms with Gasteiger partial charge in [0.2, 0.25) is 0 Å². The summed E-state index contributed by atoms with van der Waals surface area (Å²) in [5, 5.41) is 22.9. The van der Waals surface area contributed by atoms with Crippen LogP contribution in [0.3, 0.4) is 0 Å². The fourth-order valence-corrected chi connectivity index (χ4v) is 3.55. The number of nitriles is 1. The fourth-order valence-electron chi connectivity index (χ4n) is 3.55. The number of alkyl halides is 3. The zero-order chi connectivity index (χ0) is 21.3. The van der Waals surface area contributed by atoms with Crippen LogP contribution in [0.5, 0.6) is 0 Å². The quantitative estimate of drug-likeness (QED) is 0.841. The van der Waals surface area contributed by atoms with Crippen molar-refractivity contribution >= 4 is 11.6 Å². The van der Waals surface area contributed by atoms with Gasteiger partial charge in [-0.15, -0.1) is 0 Å². The van der Waals surface area contributed by atoms with Gasteiger partial charge >= 0.3 is 6.18 Å². The molecule has 0 saturated carbocycles. The third kappa shape index (κ3) is 4.05. The molecule has 1 N–H and O–H groups in total. The standard InChI is InChI=1S/C19H20F3N5O2/c1-12-7-17(25(2)24-12)18(29)26-5-6-27(15(10-26)11-28)14-4-3-13(9-23)16(8-14)19(20,21)22/h3-4,7-8,15,28H,5-6,10-11H2,1-2H3. The Morgan fingerprint density at radius 3 is 2.62 bits per heavy atom. The lowest BCUT2D eigenvalue weighted by Gasteiger charge is -2.42. The van der Waals surface area contributed by atoms with E-state index in [0.717, 1.165) is 12.1 Å². The molecular weight excluding hydrogens is 387 g/mol. The number of amides is 1. The lowest BCUT2D eigenvalue weighted by atomic mass is 10.0. The van der Waals surface area contributed by atoms with Crippen molar-refractivity contribution in [1.82, 2.24) is 14.7 Å². The number of rotatable bonds is 3. The maximum atomic E-state index is 13.3. The third-order valence-electron chi connectivity index (χ3n) is 4.96. The van der Waals surface area contributed by atoms with Crippen LogP contribution in [0.25, 0.3) is 0 Å². The van der Waals surface area contributed by atoms with Crippen molar-refractivity contribution < 1.29 is 23.1 Å². The number of aryl methyl sites for hydroxylation is 2. The first-order valence-corrected chi connectivity index (χ1v) is 8.94. The number of piperazine rings is 1. The van der Waals surface area contributed by atoms with E-state index < -0.39 is 23.3 Å². The molecule has 0 spiro atoms. The minimum absolute atomic E-state index is 0.154. The molecule has 1 unspecified atom stereocenters. The first-order chi connectivity index (χ1) is 13.7. The van der Waals surface area contributed by atoms with E-state index in [1.165, 1.54) is 10.7 Å². The van der Waals surface area contributed by atoms with Crippen molar-refractivity contribution in [3.8, 4) is 6.07 Å². The highest BCUT2D eigenvalue weighted by Gasteiger charge is 2.36. The van der Waals surface area contributed by atoms with Crippen molar-refractivity contribution in [1.29, 1.82) is 5.26 Å². The molecule has 2 aromatic rings. The first-order valence-electron chi connectivity index (χ1n) is 8.94. The number of nitrogens with zero attached hydrogens (tertiary/aromatic N) is 5. The van der Waals surface area contributed by atoms with Crippen LogP contribution in [0.2, 0.25) is 0 Å². The number of benzene rings is 1. The average Bonchev–Trinajstić information content (AvgIpc) is 3.03. The summed E-state index contributed by atoms with van der Waals surface area (Å²) >= 11 is 0. The Balaban J connectivity index is 1.85. The maximum Gasteiger partial charge on any atom is 0.417 e. The topological polar surface area (TPSA) is 85.4 Å². The van der Waals surface area contributed by atoms with Gasteiger partial charge in [-0.2, -0.15) is 23.5 Å². The van der Waals surface area contributed by atoms with Crippen molar-refractivity contribution in [2.24, 2.45) is 7.05 Å². The lowest BCUT2D eigenvalue weighted by molar-refractivity contribution is -0.137. The minimum Gasteiger partial charge on any atom is -0.394 e. The van der Waals surface area contributed by atoms with Crippen molar-refractivity contribution in [2.75, 3.05) is 31.1 Å². The Morgan fingerprint density at radius 2 is 2.07 bits per heavy atom. The van der Waals surface area contributed by atoms with Gasteiger partial charge in [0.1, 0.15) is 5.69 Å². The molecule has 1 fully saturated rings. The molecule has 0 bridgehead atoms. The van der Waals surface area contributed by atoms with Crippen LogP contribution < -0.4 is 4.90 Å². The van der Waals surface area contributed by atoms with E-state index in [4.69, 9.17) is 5.26 Å². The normalized spacial score (nSPS) is 17.3. The molecule has 1 aromatic carbocycles. The molecule has 1 saturated heterocycles. The highest BCUT2D eigenvalue weighted by molar-refractivity contribution is 5.93. The summed E-state index contributed by atoms with van der Waals surface area (Å²) in [6.45, 7) is 2.11. The predicted molar refractivity (Wildman–Crippen MR) is 98.2 cm³/mol. The zero-order valence-corrected chi connectivity index (χ0v) is 15.9. The summed E-state index contributed by atoms with van der Waals surface area (Å²) in [6.07, 6.45) is -4.66. The fraction of sp³-hybridized carbons (Fsp3) is 0.421. The lowest BCUT2D eigenvalue weighted by Crippen LogP contribution is -2.56. The van der Waals surface area contributed by atoms with E-state index >= 15 is 0 Å². The number of aromatic nitrogens is 2. The maximum absolute atomic E-state index is 13.3. The van der Waals surface area contributed by atoms with E-state index in [2.05, 4.69) is 5.10 Å². The van der Waals surface area contributed by atoms with Crippen molar-refractivity contribution in [2.45, 2.75) is 19.1 Å². The summed E-state index contributed by atoms with van der Waals surface area (Å²) in [5.41, 5.74) is -0.116. The summed E-state index contributed by atoms with van der Waals surface area (Å²) in [5.74, 6) is -0.248. The number of carbonyl (C=O) groups excluding carboxylic acids is 1. The molecule has 0 aliphatic carbocycles. The zero-order valence-electron chi connectivity index (χ0n) is 15.9. The van der Waals surface area contributed by atoms with Crippen molar-refractivity contribution in [3.63, 3.8) is 0 Å². The van der Waals surface area contributed by atoms with Crippen LogP contribution in [-0.4, -0.2) is 58.0 Å². The smallest absolute Gasteiger partial charge is 0.394 e. The van der Waals surface area contributed by atoms with Crippen LogP contribution >= 0.6 is 0 Å². The van der Waals surface area contributed by atoms with E-state index in [1.807, 2.05) is 0 Å². The van der Waals surface area contributed by atoms with Gasteiger partial charge in [0.05, 0.1) is 35.5 Å². The first kappa shape index (κ1) is 20.7. The van der Waals surface area contributed by atoms with E-state index in [1.54, 1.807) is 35.9 Å². The van der Waals surface area contributed by atoms with Gasteiger partial charge in [0.25, 0.3) is 5.91 Å². The van der Waals surface area contributed by atoms with Crippen LogP contribution in [-0.2, 0) is 13.2 Å². The summed E-state index contributed by atoms with van der Waals surface area (Å²) in [7, 11) is 1.66. The number of halogens is 3. The second kappa shape index (κ2) is 7.75. The molecule has 3 rings (SSSR count). The number of anilines is 1. The highest BCUT2D eigenvalue weighted by Crippen LogP contribution is 2.35. The number of aliphatic hydroxyl groups is 1. The number of hydrogen-bond acceptors (Lipinski definition) is 5. The van der Waals surface area contributed by atoms with E-state index in [-0.39, 0.29) is 37.8 Å². The summed E-state index contributed by atoms with van der Waals surface area (Å²) in [6, 6.07) is 6.12. The average molecular weight is 407 g/mol. The van der Waals surface area contributed by atoms with Crippen LogP contribution in [0.15, 0.2) is 24.3 Å². The Morgan fingerprint density at radius 1 is 1.34 bits per heavy atom. The number of hydrogen-bond donors (Lipinski definition) is 1. The molecule has 2 heterocycles. The van der Waals surface area contributed by atoms with E-state index in [9.17, 15) is 23.1 Å². The molecule has 154 valence electrons. The Labute approximate surface area is 165 Å². The number of aliphatic hydroxyl groups excluding tert-OH is 1. The Kier molecular flexibility index (Phi) is 5.53. The van der Waals surface area contributed by atoms with Gasteiger partial charge in [-0.3, -0.25) is 9.48 Å². The number of carbonyl (C=O) groups is 1. The van der Waals surface area contributed by atoms with Gasteiger partial charge < -0.3 is 14.9 Å². The predicted octanol–water partition coefficient (Wildman–Crippen LogP) is 1.94. The van der Waals surface area contributed by atoms with Crippen LogP contribution in [0.1, 0.15) is 27.3 Å². The van der Waals surface area contributed by atoms with Gasteiger partial charge in [-0.05, 0) is 31.2 Å². The molecule has 0 radical (unpaired) electrons. The molecule has 7 nitrogen and oxygen atoms in total. The van der Waals surface area contributed by atoms with Gasteiger partial charge in [0, 0.05) is 32.4 Å². The molecule has 1 aliphatic heterocycles. The molecule has 1 aliphatic rings. The summed E-state index contributed by atoms with van der Waals surface area (Å²) in [4.78, 5) is 16.0. The van der Waals surface area contributed by atoms with Gasteiger partial charge in [-0.1, -0.05) is 0 Å². The van der Waals surface area contributed by atoms with Gasteiger partial charge in [-0.25, -0.2) is 0 Å². The second-order valence-electron chi connectivity index (χ2n) is 6.91. The summed E-state index contributed by atoms with van der Waals surface area (Å²) < 4.78 is 41.3. The van der Waals surface area contributed by atoms with Crippen molar-refractivity contribution in [3.05, 3.63) is 46.8 Å². The largest absolute Gasteiger partial charge is 0.417 e. The minimum atomic E-state index is -4.66. The molecule has 10 heteroatoms. The second-order valence-corrected chi connectivity index (χ2v) is 6.91. The molecule has 1 atom stereocenters. The Hall–Kier alpha value is -3.06. The van der Waals surface area contributed by atoms with Gasteiger partial charge in [0.15, 0.2) is 0 Å². The molecular formula is C19H20F3N5O2. The monoisotopic (exact) mass is 407 g/mol. The van der Waals surface area contributed by atoms with Crippen LogP contribution in [0, 0.1) is 18.3 Å². The molecule has 1 aromatic heterocycles. The third-order valence-corrected chi connectivity index (χ3v) is 4.96. The Bertz CT molecular complexity index is 964.